The molecule has 100 valence electrons. The van der Waals surface area contributed by atoms with Gasteiger partial charge in [0.05, 0.1) is 25.6 Å². The Kier molecular flexibility index (Phi) is 6.31. The highest BCUT2D eigenvalue weighted by atomic mass is 32.1. The van der Waals surface area contributed by atoms with Crippen molar-refractivity contribution in [3.05, 3.63) is 16.6 Å². The third-order valence-electron chi connectivity index (χ3n) is 2.32. The fourth-order valence-electron chi connectivity index (χ4n) is 1.32. The number of aromatic nitrogens is 1. The summed E-state index contributed by atoms with van der Waals surface area (Å²) in [5.41, 5.74) is 1.99. The number of esters is 1. The molecule has 1 heterocycles. The number of hydrogen-bond donors (Lipinski definition) is 0. The molecule has 1 aromatic rings. The van der Waals surface area contributed by atoms with Gasteiger partial charge in [-0.2, -0.15) is 0 Å². The number of carbonyl (C=O) groups is 2. The van der Waals surface area contributed by atoms with Crippen LogP contribution >= 0.6 is 11.3 Å². The predicted molar refractivity (Wildman–Crippen MR) is 66.5 cm³/mol. The van der Waals surface area contributed by atoms with Crippen molar-refractivity contribution in [2.75, 3.05) is 33.9 Å². The Morgan fingerprint density at radius 1 is 1.39 bits per heavy atom. The highest BCUT2D eigenvalue weighted by Crippen LogP contribution is 2.06. The van der Waals surface area contributed by atoms with Crippen molar-refractivity contribution in [2.24, 2.45) is 0 Å². The van der Waals surface area contributed by atoms with Crippen molar-refractivity contribution >= 4 is 23.2 Å². The predicted octanol–water partition coefficient (Wildman–Crippen LogP) is 0.795. The Hall–Kier alpha value is -1.47. The zero-order valence-corrected chi connectivity index (χ0v) is 11.2. The second-order valence-corrected chi connectivity index (χ2v) is 4.20. The summed E-state index contributed by atoms with van der Waals surface area (Å²) < 4.78 is 9.50. The Balaban J connectivity index is 2.59. The standard InChI is InChI=1S/C11H16N2O4S/c1-16-6-5-13(4-3-10(14)17-2)11(15)9-7-18-8-12-9/h7-8H,3-6H2,1-2H3. The smallest absolute Gasteiger partial charge is 0.307 e. The van der Waals surface area contributed by atoms with Crippen LogP contribution in [0.15, 0.2) is 10.9 Å². The molecule has 18 heavy (non-hydrogen) atoms. The molecule has 7 heteroatoms. The van der Waals surface area contributed by atoms with Gasteiger partial charge in [0.1, 0.15) is 5.69 Å². The fraction of sp³-hybridized carbons (Fsp3) is 0.545. The van der Waals surface area contributed by atoms with Gasteiger partial charge in [-0.05, 0) is 0 Å². The molecule has 0 aromatic carbocycles. The lowest BCUT2D eigenvalue weighted by Gasteiger charge is -2.20. The number of amides is 1. The second-order valence-electron chi connectivity index (χ2n) is 3.48. The van der Waals surface area contributed by atoms with E-state index in [2.05, 4.69) is 9.72 Å². The van der Waals surface area contributed by atoms with Crippen LogP contribution in [0, 0.1) is 0 Å². The molecule has 0 radical (unpaired) electrons. The molecule has 0 spiro atoms. The van der Waals surface area contributed by atoms with Crippen LogP contribution in [0.3, 0.4) is 0 Å². The lowest BCUT2D eigenvalue weighted by molar-refractivity contribution is -0.140. The van der Waals surface area contributed by atoms with Gasteiger partial charge >= 0.3 is 5.97 Å². The van der Waals surface area contributed by atoms with Crippen LogP contribution in [0.25, 0.3) is 0 Å². The van der Waals surface area contributed by atoms with E-state index in [1.807, 2.05) is 0 Å². The molecule has 0 unspecified atom stereocenters. The van der Waals surface area contributed by atoms with E-state index in [-0.39, 0.29) is 18.3 Å². The average Bonchev–Trinajstić information content (AvgIpc) is 2.91. The van der Waals surface area contributed by atoms with Gasteiger partial charge in [-0.1, -0.05) is 0 Å². The van der Waals surface area contributed by atoms with E-state index in [0.717, 1.165) is 0 Å². The van der Waals surface area contributed by atoms with Gasteiger partial charge in [0.15, 0.2) is 0 Å². The molecule has 0 fully saturated rings. The third-order valence-corrected chi connectivity index (χ3v) is 2.90. The molecule has 0 aliphatic heterocycles. The van der Waals surface area contributed by atoms with E-state index in [1.54, 1.807) is 18.0 Å². The summed E-state index contributed by atoms with van der Waals surface area (Å²) in [5.74, 6) is -0.541. The van der Waals surface area contributed by atoms with E-state index in [1.165, 1.54) is 23.3 Å². The number of carbonyl (C=O) groups excluding carboxylic acids is 2. The maximum atomic E-state index is 12.1. The molecule has 0 aliphatic rings. The largest absolute Gasteiger partial charge is 0.469 e. The monoisotopic (exact) mass is 272 g/mol. The van der Waals surface area contributed by atoms with E-state index < -0.39 is 0 Å². The van der Waals surface area contributed by atoms with Crippen molar-refractivity contribution < 1.29 is 19.1 Å². The second kappa shape index (κ2) is 7.78. The van der Waals surface area contributed by atoms with Gasteiger partial charge in [0.2, 0.25) is 0 Å². The zero-order chi connectivity index (χ0) is 13.4. The summed E-state index contributed by atoms with van der Waals surface area (Å²) in [7, 11) is 2.88. The van der Waals surface area contributed by atoms with Crippen molar-refractivity contribution in [3.63, 3.8) is 0 Å². The quantitative estimate of drug-likeness (QED) is 0.687. The Bertz CT molecular complexity index is 380. The van der Waals surface area contributed by atoms with Gasteiger partial charge in [-0.3, -0.25) is 9.59 Å². The Morgan fingerprint density at radius 3 is 2.72 bits per heavy atom. The van der Waals surface area contributed by atoms with Crippen LogP contribution in [0.1, 0.15) is 16.9 Å². The topological polar surface area (TPSA) is 68.7 Å². The molecule has 0 saturated carbocycles. The van der Waals surface area contributed by atoms with Crippen molar-refractivity contribution in [2.45, 2.75) is 6.42 Å². The molecular weight excluding hydrogens is 256 g/mol. The minimum Gasteiger partial charge on any atom is -0.469 e. The van der Waals surface area contributed by atoms with Crippen LogP contribution in [0.5, 0.6) is 0 Å². The first-order valence-corrected chi connectivity index (χ1v) is 6.36. The molecule has 1 rings (SSSR count). The van der Waals surface area contributed by atoms with Crippen LogP contribution in [0.2, 0.25) is 0 Å². The third kappa shape index (κ3) is 4.42. The maximum Gasteiger partial charge on any atom is 0.307 e. The number of rotatable bonds is 7. The average molecular weight is 272 g/mol. The van der Waals surface area contributed by atoms with Gasteiger partial charge in [0, 0.05) is 25.6 Å². The molecular formula is C11H16N2O4S. The lowest BCUT2D eigenvalue weighted by atomic mass is 10.3. The molecule has 0 saturated heterocycles. The van der Waals surface area contributed by atoms with E-state index in [9.17, 15) is 9.59 Å². The first-order valence-electron chi connectivity index (χ1n) is 5.42. The SMILES string of the molecule is COCCN(CCC(=O)OC)C(=O)c1cscn1. The van der Waals surface area contributed by atoms with Crippen LogP contribution < -0.4 is 0 Å². The molecule has 0 N–H and O–H groups in total. The molecule has 1 amide bonds. The number of methoxy groups -OCH3 is 2. The number of thiazole rings is 1. The maximum absolute atomic E-state index is 12.1. The summed E-state index contributed by atoms with van der Waals surface area (Å²) in [6, 6.07) is 0. The summed E-state index contributed by atoms with van der Waals surface area (Å²) in [5, 5.41) is 1.68. The van der Waals surface area contributed by atoms with Crippen molar-refractivity contribution in [1.29, 1.82) is 0 Å². The number of nitrogens with zero attached hydrogens (tertiary/aromatic N) is 2. The summed E-state index contributed by atoms with van der Waals surface area (Å²) >= 11 is 1.36. The highest BCUT2D eigenvalue weighted by Gasteiger charge is 2.18. The Labute approximate surface area is 110 Å². The van der Waals surface area contributed by atoms with Crippen LogP contribution in [0.4, 0.5) is 0 Å². The summed E-state index contributed by atoms with van der Waals surface area (Å²) in [6.45, 7) is 1.13. The molecule has 0 aliphatic carbocycles. The van der Waals surface area contributed by atoms with Crippen molar-refractivity contribution in [3.8, 4) is 0 Å². The summed E-state index contributed by atoms with van der Waals surface area (Å²) in [6.07, 6.45) is 0.163. The van der Waals surface area contributed by atoms with E-state index >= 15 is 0 Å². The molecule has 0 bridgehead atoms. The van der Waals surface area contributed by atoms with Crippen LogP contribution in [-0.2, 0) is 14.3 Å². The van der Waals surface area contributed by atoms with E-state index in [0.29, 0.717) is 25.4 Å². The van der Waals surface area contributed by atoms with Crippen molar-refractivity contribution in [1.82, 2.24) is 9.88 Å². The van der Waals surface area contributed by atoms with Crippen LogP contribution in [-0.4, -0.2) is 55.7 Å². The van der Waals surface area contributed by atoms with Gasteiger partial charge < -0.3 is 14.4 Å². The summed E-state index contributed by atoms with van der Waals surface area (Å²) in [4.78, 5) is 28.7. The minimum atomic E-state index is -0.344. The van der Waals surface area contributed by atoms with Gasteiger partial charge in [-0.25, -0.2) is 4.98 Å². The molecule has 1 aromatic heterocycles. The van der Waals surface area contributed by atoms with Gasteiger partial charge in [-0.15, -0.1) is 11.3 Å². The first kappa shape index (κ1) is 14.6. The Morgan fingerprint density at radius 2 is 2.17 bits per heavy atom. The lowest BCUT2D eigenvalue weighted by Crippen LogP contribution is -2.36. The fourth-order valence-corrected chi connectivity index (χ4v) is 1.85. The molecule has 6 nitrogen and oxygen atoms in total. The zero-order valence-electron chi connectivity index (χ0n) is 10.4. The minimum absolute atomic E-state index is 0.163. The highest BCUT2D eigenvalue weighted by molar-refractivity contribution is 7.07. The number of ether oxygens (including phenoxy) is 2. The number of hydrogen-bond acceptors (Lipinski definition) is 6. The normalized spacial score (nSPS) is 10.1. The van der Waals surface area contributed by atoms with Gasteiger partial charge in [0.25, 0.3) is 5.91 Å². The first-order chi connectivity index (χ1) is 8.69. The van der Waals surface area contributed by atoms with E-state index in [4.69, 9.17) is 4.74 Å². The molecule has 0 atom stereocenters.